The van der Waals surface area contributed by atoms with Crippen molar-refractivity contribution >= 4 is 16.8 Å². The lowest BCUT2D eigenvalue weighted by Gasteiger charge is -2.25. The predicted molar refractivity (Wildman–Crippen MR) is 107 cm³/mol. The van der Waals surface area contributed by atoms with E-state index in [2.05, 4.69) is 41.1 Å². The topological polar surface area (TPSA) is 75.7 Å². The van der Waals surface area contributed by atoms with Crippen LogP contribution in [-0.2, 0) is 0 Å². The van der Waals surface area contributed by atoms with Gasteiger partial charge in [0.25, 0.3) is 5.91 Å². The largest absolute Gasteiger partial charge is 0.396 e. The van der Waals surface area contributed by atoms with E-state index in [1.165, 1.54) is 0 Å². The van der Waals surface area contributed by atoms with E-state index >= 15 is 0 Å². The number of benzene rings is 1. The minimum absolute atomic E-state index is 0.0521. The fourth-order valence-electron chi connectivity index (χ4n) is 3.82. The molecule has 2 unspecified atom stereocenters. The summed E-state index contributed by atoms with van der Waals surface area (Å²) in [5, 5.41) is 17.9. The van der Waals surface area contributed by atoms with E-state index in [1.807, 2.05) is 30.0 Å². The smallest absolute Gasteiger partial charge is 0.275 e. The lowest BCUT2D eigenvalue weighted by atomic mass is 9.96. The number of likely N-dealkylation sites (tertiary alicyclic amines) is 1. The first kappa shape index (κ1) is 19.8. The van der Waals surface area contributed by atoms with Gasteiger partial charge >= 0.3 is 0 Å². The Morgan fingerprint density at radius 1 is 1.26 bits per heavy atom. The van der Waals surface area contributed by atoms with Crippen molar-refractivity contribution < 1.29 is 9.90 Å². The molecule has 0 bridgehead atoms. The summed E-state index contributed by atoms with van der Waals surface area (Å²) in [6.07, 6.45) is 0. The predicted octanol–water partition coefficient (Wildman–Crippen LogP) is 1.05. The molecule has 1 fully saturated rings. The Balaban J connectivity index is 1.70. The summed E-state index contributed by atoms with van der Waals surface area (Å²) in [7, 11) is 6.24. The molecular formula is C20H31N5O2. The Bertz CT molecular complexity index is 788. The Morgan fingerprint density at radius 3 is 2.70 bits per heavy atom. The molecule has 2 N–H and O–H groups in total. The molecule has 1 aromatic heterocycles. The van der Waals surface area contributed by atoms with Crippen molar-refractivity contribution in [3.05, 3.63) is 29.5 Å². The molecule has 7 nitrogen and oxygen atoms in total. The highest BCUT2D eigenvalue weighted by Gasteiger charge is 2.36. The van der Waals surface area contributed by atoms with Gasteiger partial charge in [-0.3, -0.25) is 9.89 Å². The second-order valence-electron chi connectivity index (χ2n) is 8.10. The maximum atomic E-state index is 13.1. The Morgan fingerprint density at radius 2 is 2.00 bits per heavy atom. The second-order valence-corrected chi connectivity index (χ2v) is 8.10. The molecule has 1 saturated heterocycles. The number of carbonyl (C=O) groups is 1. The fourth-order valence-corrected chi connectivity index (χ4v) is 3.82. The standard InChI is InChI=1S/C20H31N5O2/c1-14-5-6-18-17(9-14)19(22-21-18)20(27)25-11-15(16(12-25)13-26)10-24(4)8-7-23(2)3/h5-6,9,15-16,26H,7-8,10-13H2,1-4H3,(H,21,22). The summed E-state index contributed by atoms with van der Waals surface area (Å²) in [6.45, 7) is 6.21. The maximum absolute atomic E-state index is 13.1. The molecule has 0 radical (unpaired) electrons. The molecule has 0 aliphatic carbocycles. The quantitative estimate of drug-likeness (QED) is 0.759. The van der Waals surface area contributed by atoms with Crippen molar-refractivity contribution in [3.8, 4) is 0 Å². The van der Waals surface area contributed by atoms with Crippen LogP contribution in [0.4, 0.5) is 0 Å². The average molecular weight is 374 g/mol. The van der Waals surface area contributed by atoms with Crippen molar-refractivity contribution in [1.82, 2.24) is 24.9 Å². The van der Waals surface area contributed by atoms with Crippen molar-refractivity contribution in [1.29, 1.82) is 0 Å². The van der Waals surface area contributed by atoms with Gasteiger partial charge in [-0.2, -0.15) is 5.10 Å². The zero-order chi connectivity index (χ0) is 19.6. The van der Waals surface area contributed by atoms with Crippen LogP contribution in [0.25, 0.3) is 10.9 Å². The number of aromatic nitrogens is 2. The van der Waals surface area contributed by atoms with E-state index < -0.39 is 0 Å². The number of aliphatic hydroxyl groups is 1. The van der Waals surface area contributed by atoms with Gasteiger partial charge in [0.1, 0.15) is 0 Å². The molecule has 2 heterocycles. The van der Waals surface area contributed by atoms with E-state index in [0.29, 0.717) is 18.8 Å². The number of aliphatic hydroxyl groups excluding tert-OH is 1. The second kappa shape index (κ2) is 8.37. The molecule has 0 spiro atoms. The number of amides is 1. The van der Waals surface area contributed by atoms with Crippen LogP contribution >= 0.6 is 0 Å². The van der Waals surface area contributed by atoms with Gasteiger partial charge < -0.3 is 19.8 Å². The maximum Gasteiger partial charge on any atom is 0.275 e. The van der Waals surface area contributed by atoms with Gasteiger partial charge in [-0.25, -0.2) is 0 Å². The summed E-state index contributed by atoms with van der Waals surface area (Å²) in [5.74, 6) is 0.337. The third kappa shape index (κ3) is 4.48. The minimum atomic E-state index is -0.0521. The normalized spacial score (nSPS) is 20.3. The number of fused-ring (bicyclic) bond motifs is 1. The first-order chi connectivity index (χ1) is 12.9. The van der Waals surface area contributed by atoms with Crippen LogP contribution in [-0.4, -0.2) is 96.4 Å². The zero-order valence-electron chi connectivity index (χ0n) is 16.8. The first-order valence-corrected chi connectivity index (χ1v) is 9.57. The summed E-state index contributed by atoms with van der Waals surface area (Å²) >= 11 is 0. The molecule has 1 aromatic carbocycles. The van der Waals surface area contributed by atoms with Gasteiger partial charge in [0.15, 0.2) is 5.69 Å². The van der Waals surface area contributed by atoms with E-state index in [4.69, 9.17) is 0 Å². The molecule has 148 valence electrons. The van der Waals surface area contributed by atoms with Crippen LogP contribution in [0.15, 0.2) is 18.2 Å². The molecule has 1 aliphatic rings. The van der Waals surface area contributed by atoms with Gasteiger partial charge in [-0.1, -0.05) is 11.6 Å². The number of hydrogen-bond acceptors (Lipinski definition) is 5. The number of H-pyrrole nitrogens is 1. The lowest BCUT2D eigenvalue weighted by molar-refractivity contribution is 0.0775. The van der Waals surface area contributed by atoms with E-state index in [0.717, 1.165) is 36.1 Å². The van der Waals surface area contributed by atoms with Crippen LogP contribution in [0.5, 0.6) is 0 Å². The van der Waals surface area contributed by atoms with Crippen LogP contribution in [0.3, 0.4) is 0 Å². The van der Waals surface area contributed by atoms with Crippen LogP contribution < -0.4 is 0 Å². The highest BCUT2D eigenvalue weighted by molar-refractivity contribution is 6.04. The van der Waals surface area contributed by atoms with Gasteiger partial charge in [-0.05, 0) is 46.1 Å². The first-order valence-electron chi connectivity index (χ1n) is 9.57. The van der Waals surface area contributed by atoms with Gasteiger partial charge in [-0.15, -0.1) is 0 Å². The number of nitrogens with one attached hydrogen (secondary N) is 1. The molecule has 3 rings (SSSR count). The number of nitrogens with zero attached hydrogens (tertiary/aromatic N) is 4. The molecule has 1 amide bonds. The molecule has 2 aromatic rings. The van der Waals surface area contributed by atoms with Gasteiger partial charge in [0, 0.05) is 50.6 Å². The van der Waals surface area contributed by atoms with Crippen molar-refractivity contribution in [3.63, 3.8) is 0 Å². The Kier molecular flexibility index (Phi) is 6.14. The van der Waals surface area contributed by atoms with Crippen molar-refractivity contribution in [2.24, 2.45) is 11.8 Å². The summed E-state index contributed by atoms with van der Waals surface area (Å²) < 4.78 is 0. The minimum Gasteiger partial charge on any atom is -0.396 e. The monoisotopic (exact) mass is 373 g/mol. The van der Waals surface area contributed by atoms with Gasteiger partial charge in [0.2, 0.25) is 0 Å². The van der Waals surface area contributed by atoms with Crippen molar-refractivity contribution in [2.45, 2.75) is 6.92 Å². The number of rotatable bonds is 7. The van der Waals surface area contributed by atoms with Crippen LogP contribution in [0.2, 0.25) is 0 Å². The third-order valence-corrected chi connectivity index (χ3v) is 5.49. The van der Waals surface area contributed by atoms with Gasteiger partial charge in [0.05, 0.1) is 5.52 Å². The molecule has 1 aliphatic heterocycles. The highest BCUT2D eigenvalue weighted by atomic mass is 16.3. The third-order valence-electron chi connectivity index (χ3n) is 5.49. The fraction of sp³-hybridized carbons (Fsp3) is 0.600. The summed E-state index contributed by atoms with van der Waals surface area (Å²) in [5.41, 5.74) is 2.46. The lowest BCUT2D eigenvalue weighted by Crippen LogP contribution is -2.35. The molecule has 7 heteroatoms. The average Bonchev–Trinajstić information content (AvgIpc) is 3.23. The van der Waals surface area contributed by atoms with Crippen LogP contribution in [0.1, 0.15) is 16.1 Å². The summed E-state index contributed by atoms with van der Waals surface area (Å²) in [6, 6.07) is 5.96. The Hall–Kier alpha value is -1.96. The number of aromatic amines is 1. The molecule has 0 saturated carbocycles. The van der Waals surface area contributed by atoms with E-state index in [1.54, 1.807) is 0 Å². The molecule has 27 heavy (non-hydrogen) atoms. The zero-order valence-corrected chi connectivity index (χ0v) is 16.8. The number of carbonyl (C=O) groups excluding carboxylic acids is 1. The van der Waals surface area contributed by atoms with E-state index in [-0.39, 0.29) is 24.3 Å². The molecular weight excluding hydrogens is 342 g/mol. The number of aryl methyl sites for hydroxylation is 1. The number of hydrogen-bond donors (Lipinski definition) is 2. The summed E-state index contributed by atoms with van der Waals surface area (Å²) in [4.78, 5) is 19.4. The van der Waals surface area contributed by atoms with Crippen molar-refractivity contribution in [2.75, 3.05) is 60.5 Å². The molecule has 2 atom stereocenters. The SMILES string of the molecule is Cc1ccc2[nH]nc(C(=O)N3CC(CO)C(CN(C)CCN(C)C)C3)c2c1. The van der Waals surface area contributed by atoms with Crippen LogP contribution in [0, 0.1) is 18.8 Å². The highest BCUT2D eigenvalue weighted by Crippen LogP contribution is 2.27. The number of likely N-dealkylation sites (N-methyl/N-ethyl adjacent to an activating group) is 2. The van der Waals surface area contributed by atoms with E-state index in [9.17, 15) is 9.90 Å². The Labute approximate surface area is 160 Å².